The van der Waals surface area contributed by atoms with Gasteiger partial charge in [-0.1, -0.05) is 121 Å². The lowest BCUT2D eigenvalue weighted by Crippen LogP contribution is -2.56. The Labute approximate surface area is 236 Å². The van der Waals surface area contributed by atoms with Gasteiger partial charge in [-0.15, -0.1) is 0 Å². The molecule has 40 heavy (non-hydrogen) atoms. The molecule has 6 heteroatoms. The first-order valence-electron chi connectivity index (χ1n) is 13.9. The zero-order valence-electron chi connectivity index (χ0n) is 22.9. The summed E-state index contributed by atoms with van der Waals surface area (Å²) in [5, 5.41) is 9.93. The van der Waals surface area contributed by atoms with Crippen molar-refractivity contribution in [1.82, 2.24) is 0 Å². The highest BCUT2D eigenvalue weighted by Crippen LogP contribution is 2.56. The molecule has 1 N–H and O–H groups in total. The standard InChI is InChI=1S/C34H35BO5/c1-37-33(26-15-7-3-8-16-26,27-17-9-4-10-18-27)31-32(40-35(39-31)30-23-25(30)24-36)34(38-2,28-19-11-5-12-20-28)29-21-13-6-14-22-29/h3-22,25,30-32,36H,23-24H2,1-2H3/t25-,30+,31-,32-/m1/s1. The van der Waals surface area contributed by atoms with E-state index in [9.17, 15) is 5.11 Å². The van der Waals surface area contributed by atoms with Crippen LogP contribution in [0.4, 0.5) is 0 Å². The molecular weight excluding hydrogens is 499 g/mol. The van der Waals surface area contributed by atoms with Crippen LogP contribution in [0, 0.1) is 5.92 Å². The van der Waals surface area contributed by atoms with Crippen LogP contribution >= 0.6 is 0 Å². The van der Waals surface area contributed by atoms with Crippen LogP contribution in [0.15, 0.2) is 121 Å². The van der Waals surface area contributed by atoms with Gasteiger partial charge in [-0.25, -0.2) is 0 Å². The third-order valence-corrected chi connectivity index (χ3v) is 8.65. The number of rotatable bonds is 10. The molecule has 2 aliphatic rings. The van der Waals surface area contributed by atoms with Crippen LogP contribution in [0.5, 0.6) is 0 Å². The highest BCUT2D eigenvalue weighted by Gasteiger charge is 2.65. The maximum atomic E-state index is 9.93. The Morgan fingerprint density at radius 2 is 0.950 bits per heavy atom. The van der Waals surface area contributed by atoms with Crippen molar-refractivity contribution < 1.29 is 23.9 Å². The molecule has 0 unspecified atom stereocenters. The van der Waals surface area contributed by atoms with Crippen molar-refractivity contribution in [3.05, 3.63) is 144 Å². The molecule has 1 aliphatic carbocycles. The number of aliphatic hydroxyl groups is 1. The Bertz CT molecular complexity index is 1190. The van der Waals surface area contributed by atoms with Gasteiger partial charge in [0.1, 0.15) is 23.4 Å². The molecule has 0 spiro atoms. The van der Waals surface area contributed by atoms with Gasteiger partial charge in [-0.2, -0.15) is 0 Å². The van der Waals surface area contributed by atoms with Gasteiger partial charge in [0.15, 0.2) is 0 Å². The zero-order valence-corrected chi connectivity index (χ0v) is 22.9. The molecule has 1 saturated heterocycles. The molecule has 0 amide bonds. The zero-order chi connectivity index (χ0) is 27.6. The van der Waals surface area contributed by atoms with Gasteiger partial charge in [0.05, 0.1) is 0 Å². The number of hydrogen-bond acceptors (Lipinski definition) is 5. The Morgan fingerprint density at radius 3 is 1.20 bits per heavy atom. The van der Waals surface area contributed by atoms with Gasteiger partial charge in [0.2, 0.25) is 0 Å². The number of benzene rings is 4. The summed E-state index contributed by atoms with van der Waals surface area (Å²) in [7, 11) is 2.96. The van der Waals surface area contributed by atoms with Crippen LogP contribution in [0.1, 0.15) is 28.7 Å². The first-order valence-corrected chi connectivity index (χ1v) is 13.9. The van der Waals surface area contributed by atoms with E-state index in [1.807, 2.05) is 72.8 Å². The molecule has 1 aliphatic heterocycles. The number of hydrogen-bond donors (Lipinski definition) is 1. The third kappa shape index (κ3) is 4.41. The summed E-state index contributed by atoms with van der Waals surface area (Å²) >= 11 is 0. The van der Waals surface area contributed by atoms with E-state index in [1.54, 1.807) is 14.2 Å². The SMILES string of the molecule is COC(c1ccccc1)(c1ccccc1)[C@@H]1OB([C@H]2C[C@@H]2CO)O[C@H]1C(OC)(c1ccccc1)c1ccccc1. The molecule has 4 aromatic carbocycles. The van der Waals surface area contributed by atoms with E-state index >= 15 is 0 Å². The summed E-state index contributed by atoms with van der Waals surface area (Å²) in [5.41, 5.74) is 1.82. The topological polar surface area (TPSA) is 57.2 Å². The first kappa shape index (κ1) is 26.9. The monoisotopic (exact) mass is 534 g/mol. The van der Waals surface area contributed by atoms with E-state index < -0.39 is 30.5 Å². The Balaban J connectivity index is 1.60. The molecule has 1 heterocycles. The van der Waals surface area contributed by atoms with E-state index in [4.69, 9.17) is 18.8 Å². The lowest BCUT2D eigenvalue weighted by molar-refractivity contribution is -0.136. The van der Waals surface area contributed by atoms with Gasteiger partial charge in [-0.05, 0) is 40.4 Å². The van der Waals surface area contributed by atoms with Crippen molar-refractivity contribution in [3.63, 3.8) is 0 Å². The average molecular weight is 534 g/mol. The molecular formula is C34H35BO5. The molecule has 0 aromatic heterocycles. The Kier molecular flexibility index (Phi) is 7.62. The lowest BCUT2D eigenvalue weighted by atomic mass is 9.71. The molecule has 2 fully saturated rings. The van der Waals surface area contributed by atoms with Gasteiger partial charge >= 0.3 is 7.12 Å². The second-order valence-electron chi connectivity index (χ2n) is 10.7. The van der Waals surface area contributed by atoms with E-state index in [-0.39, 0.29) is 18.3 Å². The average Bonchev–Trinajstić information content (AvgIpc) is 3.71. The molecule has 204 valence electrons. The van der Waals surface area contributed by atoms with Gasteiger partial charge in [-0.3, -0.25) is 0 Å². The minimum Gasteiger partial charge on any atom is -0.402 e. The maximum absolute atomic E-state index is 9.93. The molecule has 4 atom stereocenters. The summed E-state index contributed by atoms with van der Waals surface area (Å²) in [4.78, 5) is 0. The Morgan fingerprint density at radius 1 is 0.625 bits per heavy atom. The summed E-state index contributed by atoms with van der Waals surface area (Å²) in [5.74, 6) is 0.250. The van der Waals surface area contributed by atoms with Crippen LogP contribution in [-0.2, 0) is 30.0 Å². The van der Waals surface area contributed by atoms with Crippen molar-refractivity contribution in [2.75, 3.05) is 20.8 Å². The fraction of sp³-hybridized carbons (Fsp3) is 0.294. The first-order chi connectivity index (χ1) is 19.7. The maximum Gasteiger partial charge on any atom is 0.461 e. The summed E-state index contributed by atoms with van der Waals surface area (Å²) in [6.07, 6.45) is -0.353. The number of ether oxygens (including phenoxy) is 2. The van der Waals surface area contributed by atoms with Crippen molar-refractivity contribution in [2.24, 2.45) is 5.92 Å². The van der Waals surface area contributed by atoms with Crippen LogP contribution in [-0.4, -0.2) is 45.3 Å². The quantitative estimate of drug-likeness (QED) is 0.260. The normalized spacial score (nSPS) is 22.8. The number of methoxy groups -OCH3 is 2. The second-order valence-corrected chi connectivity index (χ2v) is 10.7. The summed E-state index contributed by atoms with van der Waals surface area (Å²) < 4.78 is 27.3. The molecule has 4 aromatic rings. The highest BCUT2D eigenvalue weighted by molar-refractivity contribution is 6.48. The van der Waals surface area contributed by atoms with Crippen LogP contribution < -0.4 is 0 Å². The van der Waals surface area contributed by atoms with Gasteiger partial charge in [0.25, 0.3) is 0 Å². The van der Waals surface area contributed by atoms with Gasteiger partial charge in [0, 0.05) is 20.8 Å². The van der Waals surface area contributed by atoms with Crippen LogP contribution in [0.2, 0.25) is 5.82 Å². The van der Waals surface area contributed by atoms with Crippen molar-refractivity contribution in [3.8, 4) is 0 Å². The van der Waals surface area contributed by atoms with Crippen LogP contribution in [0.3, 0.4) is 0 Å². The van der Waals surface area contributed by atoms with Crippen molar-refractivity contribution in [2.45, 2.75) is 35.6 Å². The minimum atomic E-state index is -1.02. The fourth-order valence-electron chi connectivity index (χ4n) is 6.54. The number of aliphatic hydroxyl groups excluding tert-OH is 1. The van der Waals surface area contributed by atoms with Crippen LogP contribution in [0.25, 0.3) is 0 Å². The largest absolute Gasteiger partial charge is 0.461 e. The molecule has 6 rings (SSSR count). The minimum absolute atomic E-state index is 0.0969. The highest BCUT2D eigenvalue weighted by atomic mass is 16.7. The van der Waals surface area contributed by atoms with Crippen molar-refractivity contribution in [1.29, 1.82) is 0 Å². The van der Waals surface area contributed by atoms with Gasteiger partial charge < -0.3 is 23.9 Å². The van der Waals surface area contributed by atoms with E-state index in [0.717, 1.165) is 28.7 Å². The molecule has 0 radical (unpaired) electrons. The third-order valence-electron chi connectivity index (χ3n) is 8.65. The predicted octanol–water partition coefficient (Wildman–Crippen LogP) is 5.82. The van der Waals surface area contributed by atoms with E-state index in [1.165, 1.54) is 0 Å². The lowest BCUT2D eigenvalue weighted by Gasteiger charge is -2.47. The van der Waals surface area contributed by atoms with E-state index in [0.29, 0.717) is 0 Å². The smallest absolute Gasteiger partial charge is 0.402 e. The fourth-order valence-corrected chi connectivity index (χ4v) is 6.54. The van der Waals surface area contributed by atoms with E-state index in [2.05, 4.69) is 48.5 Å². The predicted molar refractivity (Wildman–Crippen MR) is 156 cm³/mol. The second kappa shape index (κ2) is 11.3. The Hall–Kier alpha value is -3.26. The summed E-state index contributed by atoms with van der Waals surface area (Å²) in [6, 6.07) is 40.8. The molecule has 0 bridgehead atoms. The summed E-state index contributed by atoms with van der Waals surface area (Å²) in [6.45, 7) is 0.114. The van der Waals surface area contributed by atoms with Crippen molar-refractivity contribution >= 4 is 7.12 Å². The molecule has 5 nitrogen and oxygen atoms in total. The molecule has 1 saturated carbocycles.